The zero-order chi connectivity index (χ0) is 15.6. The number of amides is 1. The maximum absolute atomic E-state index is 12.6. The van der Waals surface area contributed by atoms with Crippen LogP contribution in [0.4, 0.5) is 0 Å². The summed E-state index contributed by atoms with van der Waals surface area (Å²) < 4.78 is 0. The number of hydrogen-bond acceptors (Lipinski definition) is 3. The molecule has 21 heavy (non-hydrogen) atoms. The summed E-state index contributed by atoms with van der Waals surface area (Å²) in [7, 11) is 1.62. The molecule has 0 fully saturated rings. The number of nitrogens with one attached hydrogen (secondary N) is 1. The zero-order valence-corrected chi connectivity index (χ0v) is 13.2. The highest BCUT2D eigenvalue weighted by Gasteiger charge is 2.35. The molecular formula is C16H19ClN2O2. The molecule has 4 nitrogen and oxygen atoms in total. The fourth-order valence-electron chi connectivity index (χ4n) is 2.75. The third kappa shape index (κ3) is 2.95. The molecule has 112 valence electrons. The number of likely N-dealkylation sites (N-methyl/N-ethyl adjacent to an activating group) is 2. The Kier molecular flexibility index (Phi) is 4.68. The Morgan fingerprint density at radius 1 is 1.33 bits per heavy atom. The molecule has 1 heterocycles. The van der Waals surface area contributed by atoms with E-state index in [0.29, 0.717) is 29.1 Å². The second-order valence-electron chi connectivity index (χ2n) is 5.02. The molecule has 0 radical (unpaired) electrons. The fraction of sp³-hybridized carbons (Fsp3) is 0.375. The second-order valence-corrected chi connectivity index (χ2v) is 5.46. The maximum Gasteiger partial charge on any atom is 0.242 e. The average molecular weight is 307 g/mol. The summed E-state index contributed by atoms with van der Waals surface area (Å²) in [5, 5.41) is 3.26. The van der Waals surface area contributed by atoms with Gasteiger partial charge in [0.15, 0.2) is 5.78 Å². The molecule has 1 amide bonds. The molecule has 1 atom stereocenters. The molecule has 0 spiro atoms. The summed E-state index contributed by atoms with van der Waals surface area (Å²) in [4.78, 5) is 26.6. The summed E-state index contributed by atoms with van der Waals surface area (Å²) in [5.74, 6) is -0.0934. The van der Waals surface area contributed by atoms with Gasteiger partial charge in [0.2, 0.25) is 5.91 Å². The van der Waals surface area contributed by atoms with Crippen molar-refractivity contribution in [2.24, 2.45) is 0 Å². The number of hydrogen-bond donors (Lipinski definition) is 1. The van der Waals surface area contributed by atoms with Crippen LogP contribution in [0.25, 0.3) is 0 Å². The topological polar surface area (TPSA) is 49.4 Å². The minimum Gasteiger partial charge on any atom is -0.363 e. The molecule has 1 aromatic carbocycles. The average Bonchev–Trinajstić information content (AvgIpc) is 2.83. The highest BCUT2D eigenvalue weighted by molar-refractivity contribution is 6.30. The van der Waals surface area contributed by atoms with E-state index in [-0.39, 0.29) is 17.7 Å². The molecule has 0 saturated heterocycles. The van der Waals surface area contributed by atoms with Crippen LogP contribution in [-0.4, -0.2) is 36.2 Å². The van der Waals surface area contributed by atoms with Crippen molar-refractivity contribution in [2.45, 2.75) is 26.3 Å². The van der Waals surface area contributed by atoms with E-state index in [9.17, 15) is 9.59 Å². The minimum absolute atomic E-state index is 0.0333. The summed E-state index contributed by atoms with van der Waals surface area (Å²) in [5.41, 5.74) is 2.18. The lowest BCUT2D eigenvalue weighted by Crippen LogP contribution is -2.41. The number of allylic oxidation sites excluding steroid dienone is 1. The van der Waals surface area contributed by atoms with Gasteiger partial charge in [0.1, 0.15) is 6.04 Å². The highest BCUT2D eigenvalue weighted by atomic mass is 35.5. The van der Waals surface area contributed by atoms with Gasteiger partial charge in [-0.25, -0.2) is 0 Å². The number of rotatable bonds is 4. The first kappa shape index (κ1) is 15.6. The smallest absolute Gasteiger partial charge is 0.242 e. The lowest BCUT2D eigenvalue weighted by Gasteiger charge is -2.25. The summed E-state index contributed by atoms with van der Waals surface area (Å²) in [6, 6.07) is 6.54. The van der Waals surface area contributed by atoms with Gasteiger partial charge in [-0.05, 0) is 38.1 Å². The minimum atomic E-state index is -0.300. The van der Waals surface area contributed by atoms with Crippen molar-refractivity contribution in [2.75, 3.05) is 13.6 Å². The lowest BCUT2D eigenvalue weighted by atomic mass is 9.99. The quantitative estimate of drug-likeness (QED) is 0.870. The Morgan fingerprint density at radius 3 is 2.48 bits per heavy atom. The summed E-state index contributed by atoms with van der Waals surface area (Å²) >= 11 is 5.85. The molecule has 0 aliphatic carbocycles. The third-order valence-electron chi connectivity index (χ3n) is 3.91. The number of benzene rings is 1. The van der Waals surface area contributed by atoms with Gasteiger partial charge in [0.05, 0.1) is 0 Å². The standard InChI is InChI=1S/C16H19ClN2O2/c1-4-19-10(2)13(9-14(19)16(21)18-3)15(20)11-5-7-12(17)8-6-11/h5-8,14H,4,9H2,1-3H3,(H,18,21). The first-order valence-corrected chi connectivity index (χ1v) is 7.35. The molecule has 5 heteroatoms. The van der Waals surface area contributed by atoms with E-state index in [1.54, 1.807) is 31.3 Å². The monoisotopic (exact) mass is 306 g/mol. The largest absolute Gasteiger partial charge is 0.363 e. The van der Waals surface area contributed by atoms with Gasteiger partial charge in [-0.15, -0.1) is 0 Å². The Morgan fingerprint density at radius 2 is 1.95 bits per heavy atom. The van der Waals surface area contributed by atoms with E-state index in [1.165, 1.54) is 0 Å². The van der Waals surface area contributed by atoms with E-state index in [2.05, 4.69) is 5.32 Å². The van der Waals surface area contributed by atoms with Crippen molar-refractivity contribution in [1.82, 2.24) is 10.2 Å². The van der Waals surface area contributed by atoms with Gasteiger partial charge in [-0.1, -0.05) is 11.6 Å². The van der Waals surface area contributed by atoms with Crippen LogP contribution >= 0.6 is 11.6 Å². The van der Waals surface area contributed by atoms with Crippen molar-refractivity contribution in [1.29, 1.82) is 0 Å². The van der Waals surface area contributed by atoms with Crippen molar-refractivity contribution in [3.63, 3.8) is 0 Å². The maximum atomic E-state index is 12.6. The van der Waals surface area contributed by atoms with Crippen LogP contribution < -0.4 is 5.32 Å². The van der Waals surface area contributed by atoms with E-state index < -0.39 is 0 Å². The molecule has 1 aliphatic rings. The lowest BCUT2D eigenvalue weighted by molar-refractivity contribution is -0.124. The Hall–Kier alpha value is -1.81. The predicted molar refractivity (Wildman–Crippen MR) is 83.3 cm³/mol. The van der Waals surface area contributed by atoms with E-state index in [4.69, 9.17) is 11.6 Å². The Balaban J connectivity index is 2.30. The zero-order valence-electron chi connectivity index (χ0n) is 12.4. The van der Waals surface area contributed by atoms with Crippen LogP contribution in [0.15, 0.2) is 35.5 Å². The third-order valence-corrected chi connectivity index (χ3v) is 4.16. The van der Waals surface area contributed by atoms with Gasteiger partial charge in [-0.3, -0.25) is 9.59 Å². The molecule has 1 unspecified atom stereocenters. The fourth-order valence-corrected chi connectivity index (χ4v) is 2.88. The first-order chi connectivity index (χ1) is 9.99. The van der Waals surface area contributed by atoms with Gasteiger partial charge in [0.25, 0.3) is 0 Å². The molecule has 0 bridgehead atoms. The first-order valence-electron chi connectivity index (χ1n) is 6.97. The van der Waals surface area contributed by atoms with Crippen LogP contribution in [0.5, 0.6) is 0 Å². The highest BCUT2D eigenvalue weighted by Crippen LogP contribution is 2.31. The predicted octanol–water partition coefficient (Wildman–Crippen LogP) is 2.64. The number of nitrogens with zero attached hydrogens (tertiary/aromatic N) is 1. The molecule has 1 N–H and O–H groups in total. The van der Waals surface area contributed by atoms with Crippen LogP contribution in [0.1, 0.15) is 30.6 Å². The van der Waals surface area contributed by atoms with E-state index in [1.807, 2.05) is 18.7 Å². The van der Waals surface area contributed by atoms with Gasteiger partial charge >= 0.3 is 0 Å². The Labute approximate surface area is 129 Å². The number of Topliss-reactive ketones (excluding diaryl/α,β-unsaturated/α-hetero) is 1. The molecule has 1 aromatic rings. The van der Waals surface area contributed by atoms with Crippen molar-refractivity contribution in [3.8, 4) is 0 Å². The normalized spacial score (nSPS) is 18.1. The summed E-state index contributed by atoms with van der Waals surface area (Å²) in [6.07, 6.45) is 0.445. The molecule has 2 rings (SSSR count). The van der Waals surface area contributed by atoms with Gasteiger partial charge in [0, 0.05) is 41.9 Å². The van der Waals surface area contributed by atoms with E-state index >= 15 is 0 Å². The van der Waals surface area contributed by atoms with Crippen LogP contribution in [0.3, 0.4) is 0 Å². The second kappa shape index (κ2) is 6.31. The Bertz CT molecular complexity index is 593. The van der Waals surface area contributed by atoms with Crippen molar-refractivity contribution >= 4 is 23.3 Å². The van der Waals surface area contributed by atoms with Crippen LogP contribution in [0, 0.1) is 0 Å². The molecule has 0 saturated carbocycles. The van der Waals surface area contributed by atoms with Crippen LogP contribution in [0.2, 0.25) is 5.02 Å². The van der Waals surface area contributed by atoms with Gasteiger partial charge < -0.3 is 10.2 Å². The number of carbonyl (C=O) groups excluding carboxylic acids is 2. The van der Waals surface area contributed by atoms with Crippen molar-refractivity contribution in [3.05, 3.63) is 46.1 Å². The number of halogens is 1. The van der Waals surface area contributed by atoms with E-state index in [0.717, 1.165) is 5.70 Å². The SMILES string of the molecule is CCN1C(C)=C(C(=O)c2ccc(Cl)cc2)CC1C(=O)NC. The van der Waals surface area contributed by atoms with Crippen LogP contribution in [-0.2, 0) is 4.79 Å². The molecular weight excluding hydrogens is 288 g/mol. The number of carbonyl (C=O) groups is 2. The molecule has 0 aromatic heterocycles. The van der Waals surface area contributed by atoms with Gasteiger partial charge in [-0.2, -0.15) is 0 Å². The van der Waals surface area contributed by atoms with Crippen molar-refractivity contribution < 1.29 is 9.59 Å². The summed E-state index contributed by atoms with van der Waals surface area (Å²) in [6.45, 7) is 4.58. The molecule has 1 aliphatic heterocycles. The number of ketones is 1.